The molecule has 0 fully saturated rings. The van der Waals surface area contributed by atoms with Crippen LogP contribution in [0, 0.1) is 0 Å². The first-order valence-corrected chi connectivity index (χ1v) is 11.1. The van der Waals surface area contributed by atoms with Crippen LogP contribution >= 0.6 is 0 Å². The van der Waals surface area contributed by atoms with Crippen molar-refractivity contribution in [3.63, 3.8) is 0 Å². The third-order valence-electron chi connectivity index (χ3n) is 5.77. The monoisotopic (exact) mass is 448 g/mol. The van der Waals surface area contributed by atoms with Crippen LogP contribution in [-0.4, -0.2) is 17.5 Å². The minimum Gasteiger partial charge on any atom is -0.460 e. The molecule has 0 amide bonds. The van der Waals surface area contributed by atoms with Crippen molar-refractivity contribution in [2.45, 2.75) is 18.4 Å². The summed E-state index contributed by atoms with van der Waals surface area (Å²) in [4.78, 5) is 41.2. The van der Waals surface area contributed by atoms with Gasteiger partial charge >= 0.3 is 5.97 Å². The van der Waals surface area contributed by atoms with Gasteiger partial charge in [0.2, 0.25) is 0 Å². The molecule has 168 valence electrons. The van der Waals surface area contributed by atoms with Gasteiger partial charge in [0.15, 0.2) is 17.0 Å². The van der Waals surface area contributed by atoms with Crippen molar-refractivity contribution < 1.29 is 19.1 Å². The van der Waals surface area contributed by atoms with Gasteiger partial charge in [-0.3, -0.25) is 14.4 Å². The fourth-order valence-corrected chi connectivity index (χ4v) is 3.97. The van der Waals surface area contributed by atoms with Crippen LogP contribution in [0.25, 0.3) is 0 Å². The molecule has 4 aromatic rings. The topological polar surface area (TPSA) is 60.4 Å². The van der Waals surface area contributed by atoms with Gasteiger partial charge in [0, 0.05) is 17.5 Å². The van der Waals surface area contributed by atoms with Gasteiger partial charge in [-0.25, -0.2) is 0 Å². The summed E-state index contributed by atoms with van der Waals surface area (Å²) in [5, 5.41) is 0. The fourth-order valence-electron chi connectivity index (χ4n) is 3.97. The fraction of sp³-hybridized carbons (Fsp3) is 0.100. The SMILES string of the molecule is O=C(C[C@](C(=O)OCc1ccccc1)(C(=O)c1ccccc1)c1ccccc1)c1ccccc1. The van der Waals surface area contributed by atoms with Gasteiger partial charge in [-0.2, -0.15) is 0 Å². The van der Waals surface area contributed by atoms with Crippen LogP contribution < -0.4 is 0 Å². The van der Waals surface area contributed by atoms with Crippen LogP contribution in [0.2, 0.25) is 0 Å². The summed E-state index contributed by atoms with van der Waals surface area (Å²) in [6.07, 6.45) is -0.345. The molecular formula is C30H24O4. The summed E-state index contributed by atoms with van der Waals surface area (Å²) in [6, 6.07) is 35.2. The maximum Gasteiger partial charge on any atom is 0.325 e. The quantitative estimate of drug-likeness (QED) is 0.184. The Morgan fingerprint density at radius 3 is 1.62 bits per heavy atom. The van der Waals surface area contributed by atoms with E-state index in [1.165, 1.54) is 0 Å². The van der Waals surface area contributed by atoms with E-state index in [9.17, 15) is 14.4 Å². The number of benzene rings is 4. The Hall–Kier alpha value is -4.31. The van der Waals surface area contributed by atoms with E-state index in [0.29, 0.717) is 16.7 Å². The maximum absolute atomic E-state index is 14.0. The molecule has 0 aliphatic rings. The third kappa shape index (κ3) is 4.86. The van der Waals surface area contributed by atoms with E-state index in [4.69, 9.17) is 4.74 Å². The average Bonchev–Trinajstić information content (AvgIpc) is 2.92. The second-order valence-corrected chi connectivity index (χ2v) is 7.99. The summed E-state index contributed by atoms with van der Waals surface area (Å²) in [5.74, 6) is -1.53. The second-order valence-electron chi connectivity index (χ2n) is 7.99. The summed E-state index contributed by atoms with van der Waals surface area (Å²) in [7, 11) is 0. The number of ketones is 2. The molecule has 4 rings (SSSR count). The number of hydrogen-bond donors (Lipinski definition) is 0. The maximum atomic E-state index is 14.0. The van der Waals surface area contributed by atoms with Crippen molar-refractivity contribution in [2.75, 3.05) is 0 Å². The Balaban J connectivity index is 1.81. The van der Waals surface area contributed by atoms with Gasteiger partial charge in [-0.05, 0) is 11.1 Å². The standard InChI is InChI=1S/C30H24O4/c31-27(24-15-7-2-8-16-24)21-30(26-19-11-4-12-20-26,28(32)25-17-9-3-10-18-25)29(33)34-22-23-13-5-1-6-14-23/h1-20H,21-22H2/t30-/m1/s1. The van der Waals surface area contributed by atoms with Gasteiger partial charge in [0.25, 0.3) is 0 Å². The first-order chi connectivity index (χ1) is 16.6. The Kier molecular flexibility index (Phi) is 7.09. The molecule has 0 saturated carbocycles. The Labute approximate surface area is 198 Å². The molecule has 0 N–H and O–H groups in total. The summed E-state index contributed by atoms with van der Waals surface area (Å²) < 4.78 is 5.72. The van der Waals surface area contributed by atoms with Gasteiger partial charge in [0.05, 0.1) is 0 Å². The molecule has 34 heavy (non-hydrogen) atoms. The molecule has 4 nitrogen and oxygen atoms in total. The van der Waals surface area contributed by atoms with Crippen molar-refractivity contribution in [3.8, 4) is 0 Å². The van der Waals surface area contributed by atoms with Crippen LogP contribution in [0.15, 0.2) is 121 Å². The number of rotatable bonds is 9. The number of esters is 1. The lowest BCUT2D eigenvalue weighted by Gasteiger charge is -2.30. The highest BCUT2D eigenvalue weighted by atomic mass is 16.5. The van der Waals surface area contributed by atoms with Crippen molar-refractivity contribution in [2.24, 2.45) is 0 Å². The molecule has 0 bridgehead atoms. The predicted molar refractivity (Wildman–Crippen MR) is 131 cm³/mol. The lowest BCUT2D eigenvalue weighted by atomic mass is 9.70. The van der Waals surface area contributed by atoms with E-state index in [-0.39, 0.29) is 18.8 Å². The highest BCUT2D eigenvalue weighted by Gasteiger charge is 2.50. The van der Waals surface area contributed by atoms with Gasteiger partial charge in [-0.15, -0.1) is 0 Å². The molecule has 0 aliphatic heterocycles. The van der Waals surface area contributed by atoms with Crippen molar-refractivity contribution in [1.82, 2.24) is 0 Å². The Bertz CT molecular complexity index is 1250. The Morgan fingerprint density at radius 2 is 1.06 bits per heavy atom. The third-order valence-corrected chi connectivity index (χ3v) is 5.77. The first kappa shape index (κ1) is 22.9. The molecule has 4 aromatic carbocycles. The molecule has 0 unspecified atom stereocenters. The average molecular weight is 449 g/mol. The minimum absolute atomic E-state index is 0.00411. The number of hydrogen-bond acceptors (Lipinski definition) is 4. The minimum atomic E-state index is -1.83. The highest BCUT2D eigenvalue weighted by molar-refractivity contribution is 6.20. The largest absolute Gasteiger partial charge is 0.460 e. The zero-order valence-electron chi connectivity index (χ0n) is 18.6. The van der Waals surface area contributed by atoms with Crippen LogP contribution in [0.3, 0.4) is 0 Å². The number of carbonyl (C=O) groups excluding carboxylic acids is 3. The van der Waals surface area contributed by atoms with Crippen LogP contribution in [0.5, 0.6) is 0 Å². The smallest absolute Gasteiger partial charge is 0.325 e. The molecule has 0 aliphatic carbocycles. The molecule has 0 saturated heterocycles. The molecular weight excluding hydrogens is 424 g/mol. The lowest BCUT2D eigenvalue weighted by Crippen LogP contribution is -2.46. The number of ether oxygens (including phenoxy) is 1. The summed E-state index contributed by atoms with van der Waals surface area (Å²) in [6.45, 7) is -0.00411. The zero-order valence-corrected chi connectivity index (χ0v) is 18.6. The van der Waals surface area contributed by atoms with Gasteiger partial charge in [0.1, 0.15) is 6.61 Å². The van der Waals surface area contributed by atoms with Gasteiger partial charge in [-0.1, -0.05) is 121 Å². The molecule has 0 heterocycles. The van der Waals surface area contributed by atoms with Crippen molar-refractivity contribution >= 4 is 17.5 Å². The first-order valence-electron chi connectivity index (χ1n) is 11.1. The van der Waals surface area contributed by atoms with Crippen LogP contribution in [-0.2, 0) is 21.6 Å². The van der Waals surface area contributed by atoms with E-state index < -0.39 is 17.2 Å². The lowest BCUT2D eigenvalue weighted by molar-refractivity contribution is -0.150. The summed E-state index contributed by atoms with van der Waals surface area (Å²) in [5.41, 5.74) is 0.151. The van der Waals surface area contributed by atoms with E-state index in [0.717, 1.165) is 5.56 Å². The van der Waals surface area contributed by atoms with E-state index >= 15 is 0 Å². The number of carbonyl (C=O) groups is 3. The molecule has 0 aromatic heterocycles. The van der Waals surface area contributed by atoms with Crippen LogP contribution in [0.1, 0.15) is 38.3 Å². The number of Topliss-reactive ketones (excluding diaryl/α,β-unsaturated/α-hetero) is 2. The van der Waals surface area contributed by atoms with Crippen molar-refractivity contribution in [3.05, 3.63) is 144 Å². The molecule has 1 atom stereocenters. The highest BCUT2D eigenvalue weighted by Crippen LogP contribution is 2.35. The van der Waals surface area contributed by atoms with E-state index in [2.05, 4.69) is 0 Å². The normalized spacial score (nSPS) is 12.4. The second kappa shape index (κ2) is 10.5. The Morgan fingerprint density at radius 1 is 0.588 bits per heavy atom. The molecule has 0 radical (unpaired) electrons. The summed E-state index contributed by atoms with van der Waals surface area (Å²) >= 11 is 0. The zero-order chi connectivity index (χ0) is 23.8. The molecule has 4 heteroatoms. The van der Waals surface area contributed by atoms with Gasteiger partial charge < -0.3 is 4.74 Å². The van der Waals surface area contributed by atoms with Crippen LogP contribution in [0.4, 0.5) is 0 Å². The van der Waals surface area contributed by atoms with E-state index in [1.807, 2.05) is 36.4 Å². The van der Waals surface area contributed by atoms with E-state index in [1.54, 1.807) is 84.9 Å². The predicted octanol–water partition coefficient (Wildman–Crippen LogP) is 5.82. The molecule has 0 spiro atoms. The van der Waals surface area contributed by atoms with Crippen molar-refractivity contribution in [1.29, 1.82) is 0 Å².